The van der Waals surface area contributed by atoms with Crippen molar-refractivity contribution in [1.29, 1.82) is 0 Å². The second kappa shape index (κ2) is 5.02. The van der Waals surface area contributed by atoms with Gasteiger partial charge in [0.05, 0.1) is 12.3 Å². The van der Waals surface area contributed by atoms with Gasteiger partial charge in [0.15, 0.2) is 0 Å². The topological polar surface area (TPSA) is 84.2 Å². The highest BCUT2D eigenvalue weighted by atomic mass is 32.2. The third-order valence-electron chi connectivity index (χ3n) is 2.64. The van der Waals surface area contributed by atoms with Crippen LogP contribution in [0.4, 0.5) is 5.69 Å². The van der Waals surface area contributed by atoms with E-state index in [4.69, 9.17) is 0 Å². The van der Waals surface area contributed by atoms with Crippen LogP contribution < -0.4 is 4.72 Å². The molecule has 0 amide bonds. The van der Waals surface area contributed by atoms with Gasteiger partial charge >= 0.3 is 0 Å². The molecule has 7 heteroatoms. The third kappa shape index (κ3) is 3.12. The molecule has 0 aliphatic heterocycles. The number of aliphatic hydroxyl groups is 1. The minimum absolute atomic E-state index is 0.106. The average Bonchev–Trinajstić information content (AvgIpc) is 2.77. The Morgan fingerprint density at radius 1 is 1.32 bits per heavy atom. The number of sulfonamides is 1. The number of aromatic nitrogens is 2. The average molecular weight is 281 g/mol. The van der Waals surface area contributed by atoms with E-state index in [1.807, 2.05) is 0 Å². The van der Waals surface area contributed by atoms with Crippen molar-refractivity contribution in [3.05, 3.63) is 42.2 Å². The zero-order valence-electron chi connectivity index (χ0n) is 10.6. The molecule has 0 aliphatic rings. The van der Waals surface area contributed by atoms with Gasteiger partial charge in [0.2, 0.25) is 0 Å². The Morgan fingerprint density at radius 3 is 2.42 bits per heavy atom. The van der Waals surface area contributed by atoms with E-state index in [-0.39, 0.29) is 4.90 Å². The zero-order chi connectivity index (χ0) is 14.0. The highest BCUT2D eigenvalue weighted by Crippen LogP contribution is 2.18. The number of aliphatic hydroxyl groups excluding tert-OH is 1. The smallest absolute Gasteiger partial charge is 0.265 e. The van der Waals surface area contributed by atoms with E-state index >= 15 is 0 Å². The van der Waals surface area contributed by atoms with Crippen LogP contribution in [0.5, 0.6) is 0 Å². The van der Waals surface area contributed by atoms with Crippen molar-refractivity contribution in [3.8, 4) is 0 Å². The van der Waals surface area contributed by atoms with Crippen LogP contribution in [-0.4, -0.2) is 23.3 Å². The summed E-state index contributed by atoms with van der Waals surface area (Å²) in [5, 5.41) is 13.2. The molecule has 1 heterocycles. The second-order valence-corrected chi connectivity index (χ2v) is 5.94. The first-order valence-corrected chi connectivity index (χ1v) is 7.16. The van der Waals surface area contributed by atoms with Crippen LogP contribution >= 0.6 is 0 Å². The molecule has 1 atom stereocenters. The van der Waals surface area contributed by atoms with Crippen LogP contribution in [0, 0.1) is 0 Å². The molecule has 0 fully saturated rings. The van der Waals surface area contributed by atoms with Gasteiger partial charge in [-0.3, -0.25) is 9.40 Å². The van der Waals surface area contributed by atoms with Crippen molar-refractivity contribution in [1.82, 2.24) is 9.78 Å². The first-order valence-electron chi connectivity index (χ1n) is 5.68. The summed E-state index contributed by atoms with van der Waals surface area (Å²) in [5.74, 6) is 0. The van der Waals surface area contributed by atoms with Gasteiger partial charge in [-0.15, -0.1) is 0 Å². The number of anilines is 1. The molecule has 1 aromatic carbocycles. The number of benzene rings is 1. The Kier molecular flexibility index (Phi) is 3.59. The molecular formula is C12H15N3O3S. The molecule has 19 heavy (non-hydrogen) atoms. The van der Waals surface area contributed by atoms with Crippen molar-refractivity contribution in [2.45, 2.75) is 17.9 Å². The molecule has 0 spiro atoms. The Balaban J connectivity index is 2.21. The molecule has 0 bridgehead atoms. The molecule has 0 aliphatic carbocycles. The van der Waals surface area contributed by atoms with Gasteiger partial charge in [0, 0.05) is 18.9 Å². The first kappa shape index (κ1) is 13.6. The third-order valence-corrected chi connectivity index (χ3v) is 3.97. The van der Waals surface area contributed by atoms with Gasteiger partial charge in [0.25, 0.3) is 10.0 Å². The number of nitrogens with zero attached hydrogens (tertiary/aromatic N) is 2. The highest BCUT2D eigenvalue weighted by Gasteiger charge is 2.16. The van der Waals surface area contributed by atoms with Gasteiger partial charge < -0.3 is 5.11 Å². The summed E-state index contributed by atoms with van der Waals surface area (Å²) in [7, 11) is -1.97. The maximum absolute atomic E-state index is 12.0. The lowest BCUT2D eigenvalue weighted by atomic mass is 10.1. The van der Waals surface area contributed by atoms with E-state index in [2.05, 4.69) is 9.82 Å². The van der Waals surface area contributed by atoms with Crippen LogP contribution in [0.15, 0.2) is 41.6 Å². The minimum Gasteiger partial charge on any atom is -0.389 e. The van der Waals surface area contributed by atoms with E-state index in [0.717, 1.165) is 5.56 Å². The largest absolute Gasteiger partial charge is 0.389 e. The molecule has 2 aromatic rings. The van der Waals surface area contributed by atoms with Gasteiger partial charge in [-0.05, 0) is 24.6 Å². The highest BCUT2D eigenvalue weighted by molar-refractivity contribution is 7.92. The molecule has 6 nitrogen and oxygen atoms in total. The van der Waals surface area contributed by atoms with Crippen molar-refractivity contribution < 1.29 is 13.5 Å². The summed E-state index contributed by atoms with van der Waals surface area (Å²) >= 11 is 0. The monoisotopic (exact) mass is 281 g/mol. The van der Waals surface area contributed by atoms with Crippen LogP contribution in [0.3, 0.4) is 0 Å². The molecule has 1 unspecified atom stereocenters. The van der Waals surface area contributed by atoms with E-state index < -0.39 is 16.1 Å². The summed E-state index contributed by atoms with van der Waals surface area (Å²) in [6.45, 7) is 1.65. The number of nitrogens with one attached hydrogen (secondary N) is 1. The van der Waals surface area contributed by atoms with Gasteiger partial charge in [-0.25, -0.2) is 8.42 Å². The number of aryl methyl sites for hydroxylation is 1. The summed E-state index contributed by atoms with van der Waals surface area (Å²) < 4.78 is 27.9. The Labute approximate surface area is 111 Å². The van der Waals surface area contributed by atoms with Crippen LogP contribution in [0.2, 0.25) is 0 Å². The molecule has 102 valence electrons. The number of rotatable bonds is 4. The molecule has 2 rings (SSSR count). The summed E-state index contributed by atoms with van der Waals surface area (Å²) in [6, 6.07) is 6.56. The lowest BCUT2D eigenvalue weighted by molar-refractivity contribution is 0.199. The number of hydrogen-bond acceptors (Lipinski definition) is 4. The molecule has 0 radical (unpaired) electrons. The van der Waals surface area contributed by atoms with Gasteiger partial charge in [-0.1, -0.05) is 12.1 Å². The number of hydrogen-bond donors (Lipinski definition) is 2. The normalized spacial score (nSPS) is 13.2. The molecule has 1 aromatic heterocycles. The van der Waals surface area contributed by atoms with E-state index in [9.17, 15) is 13.5 Å². The molecule has 0 saturated carbocycles. The maximum Gasteiger partial charge on any atom is 0.265 e. The quantitative estimate of drug-likeness (QED) is 0.884. The van der Waals surface area contributed by atoms with Gasteiger partial charge in [-0.2, -0.15) is 5.10 Å². The van der Waals surface area contributed by atoms with Crippen LogP contribution in [-0.2, 0) is 17.1 Å². The molecule has 2 N–H and O–H groups in total. The van der Waals surface area contributed by atoms with Gasteiger partial charge in [0.1, 0.15) is 4.90 Å². The lowest BCUT2D eigenvalue weighted by Gasteiger charge is -2.08. The van der Waals surface area contributed by atoms with E-state index in [0.29, 0.717) is 5.69 Å². The first-order chi connectivity index (χ1) is 8.88. The standard InChI is InChI=1S/C12H15N3O3S/c1-9(16)10-3-5-11(6-4-10)14-19(17,18)12-7-13-15(2)8-12/h3-9,14,16H,1-2H3. The van der Waals surface area contributed by atoms with E-state index in [1.54, 1.807) is 38.2 Å². The lowest BCUT2D eigenvalue weighted by Crippen LogP contribution is -2.12. The molecule has 0 saturated heterocycles. The van der Waals surface area contributed by atoms with Crippen molar-refractivity contribution in [3.63, 3.8) is 0 Å². The Morgan fingerprint density at radius 2 is 1.95 bits per heavy atom. The second-order valence-electron chi connectivity index (χ2n) is 4.25. The van der Waals surface area contributed by atoms with Crippen molar-refractivity contribution in [2.24, 2.45) is 7.05 Å². The Bertz CT molecular complexity index is 660. The summed E-state index contributed by atoms with van der Waals surface area (Å²) in [4.78, 5) is 0.106. The fraction of sp³-hybridized carbons (Fsp3) is 0.250. The predicted molar refractivity (Wildman–Crippen MR) is 71.1 cm³/mol. The predicted octanol–water partition coefficient (Wildman–Crippen LogP) is 1.27. The van der Waals surface area contributed by atoms with Crippen LogP contribution in [0.25, 0.3) is 0 Å². The van der Waals surface area contributed by atoms with Crippen molar-refractivity contribution in [2.75, 3.05) is 4.72 Å². The maximum atomic E-state index is 12.0. The fourth-order valence-electron chi connectivity index (χ4n) is 1.58. The zero-order valence-corrected chi connectivity index (χ0v) is 11.4. The van der Waals surface area contributed by atoms with Crippen molar-refractivity contribution >= 4 is 15.7 Å². The summed E-state index contributed by atoms with van der Waals surface area (Å²) in [6.07, 6.45) is 2.13. The summed E-state index contributed by atoms with van der Waals surface area (Å²) in [5.41, 5.74) is 1.16. The fourth-order valence-corrected chi connectivity index (χ4v) is 2.62. The minimum atomic E-state index is -3.62. The Hall–Kier alpha value is -1.86. The van der Waals surface area contributed by atoms with Crippen LogP contribution in [0.1, 0.15) is 18.6 Å². The molecular weight excluding hydrogens is 266 g/mol. The SMILES string of the molecule is CC(O)c1ccc(NS(=O)(=O)c2cnn(C)c2)cc1. The van der Waals surface area contributed by atoms with E-state index in [1.165, 1.54) is 17.1 Å².